The van der Waals surface area contributed by atoms with Gasteiger partial charge < -0.3 is 10.0 Å². The molecule has 2 rings (SSSR count). The summed E-state index contributed by atoms with van der Waals surface area (Å²) in [4.78, 5) is 26.8. The molecule has 1 aliphatic heterocycles. The molecule has 25 heavy (non-hydrogen) atoms. The molecule has 1 saturated heterocycles. The second-order valence-corrected chi connectivity index (χ2v) is 7.64. The zero-order valence-corrected chi connectivity index (χ0v) is 15.8. The number of carbonyl (C=O) groups excluding carboxylic acids is 1. The van der Waals surface area contributed by atoms with Crippen LogP contribution in [0.4, 0.5) is 0 Å². The van der Waals surface area contributed by atoms with Gasteiger partial charge in [-0.1, -0.05) is 50.6 Å². The molecule has 1 heterocycles. The largest absolute Gasteiger partial charge is 0.480 e. The number of carbonyl (C=O) groups is 2. The van der Waals surface area contributed by atoms with Crippen LogP contribution in [0.2, 0.25) is 5.02 Å². The van der Waals surface area contributed by atoms with E-state index in [0.717, 1.165) is 5.56 Å². The van der Waals surface area contributed by atoms with Gasteiger partial charge in [0.15, 0.2) is 0 Å². The molecule has 136 valence electrons. The number of benzene rings is 1. The summed E-state index contributed by atoms with van der Waals surface area (Å²) in [5.41, 5.74) is 0.304. The van der Waals surface area contributed by atoms with E-state index in [1.165, 1.54) is 0 Å². The molecule has 1 aliphatic rings. The Kier molecular flexibility index (Phi) is 5.94. The van der Waals surface area contributed by atoms with Gasteiger partial charge in [0, 0.05) is 5.02 Å². The lowest BCUT2D eigenvalue weighted by atomic mass is 9.69. The lowest BCUT2D eigenvalue weighted by Crippen LogP contribution is -2.57. The van der Waals surface area contributed by atoms with Crippen LogP contribution in [0.25, 0.3) is 0 Å². The van der Waals surface area contributed by atoms with Crippen LogP contribution in [0.15, 0.2) is 36.9 Å². The van der Waals surface area contributed by atoms with Crippen LogP contribution in [0, 0.1) is 11.3 Å². The first-order valence-electron chi connectivity index (χ1n) is 8.67. The van der Waals surface area contributed by atoms with E-state index in [9.17, 15) is 14.7 Å². The van der Waals surface area contributed by atoms with Gasteiger partial charge in [-0.05, 0) is 42.9 Å². The smallest absolute Gasteiger partial charge is 0.326 e. The fourth-order valence-corrected chi connectivity index (χ4v) is 4.21. The van der Waals surface area contributed by atoms with Crippen LogP contribution < -0.4 is 0 Å². The van der Waals surface area contributed by atoms with Crippen LogP contribution >= 0.6 is 11.6 Å². The topological polar surface area (TPSA) is 57.6 Å². The van der Waals surface area contributed by atoms with Gasteiger partial charge in [-0.3, -0.25) is 4.79 Å². The molecule has 4 atom stereocenters. The third-order valence-corrected chi connectivity index (χ3v) is 5.43. The van der Waals surface area contributed by atoms with Crippen molar-refractivity contribution in [1.29, 1.82) is 0 Å². The summed E-state index contributed by atoms with van der Waals surface area (Å²) in [6, 6.07) is 6.21. The molecule has 0 aromatic heterocycles. The first-order chi connectivity index (χ1) is 11.7. The minimum atomic E-state index is -0.968. The second-order valence-electron chi connectivity index (χ2n) is 7.21. The molecule has 1 N–H and O–H groups in total. The Morgan fingerprint density at radius 1 is 1.48 bits per heavy atom. The van der Waals surface area contributed by atoms with Gasteiger partial charge in [0.2, 0.25) is 5.91 Å². The highest BCUT2D eigenvalue weighted by molar-refractivity contribution is 6.30. The average Bonchev–Trinajstić information content (AvgIpc) is 2.54. The Morgan fingerprint density at radius 3 is 2.56 bits per heavy atom. The van der Waals surface area contributed by atoms with Crippen molar-refractivity contribution in [2.45, 2.75) is 52.1 Å². The Morgan fingerprint density at radius 2 is 2.08 bits per heavy atom. The predicted molar refractivity (Wildman–Crippen MR) is 99.5 cm³/mol. The number of amides is 1. The second kappa shape index (κ2) is 7.61. The van der Waals surface area contributed by atoms with Crippen LogP contribution in [-0.4, -0.2) is 27.9 Å². The fraction of sp³-hybridized carbons (Fsp3) is 0.500. The summed E-state index contributed by atoms with van der Waals surface area (Å²) in [6.45, 7) is 9.56. The quantitative estimate of drug-likeness (QED) is 0.745. The number of nitrogens with zero attached hydrogens (tertiary/aromatic N) is 1. The normalized spacial score (nSPS) is 27.8. The molecule has 0 bridgehead atoms. The first kappa shape index (κ1) is 19.5. The van der Waals surface area contributed by atoms with E-state index in [0.29, 0.717) is 24.3 Å². The highest BCUT2D eigenvalue weighted by Crippen LogP contribution is 2.47. The standard InChI is InChI=1S/C20H26ClNO3/c1-5-11-20(4)12-13(3)17(14-7-9-15(21)10-8-14)22(19(20)25)16(6-2)18(23)24/h5,7-10,13,16-17H,1,6,11-12H2,2-4H3,(H,23,24)/t13-,16?,17-,20-/m0/s1. The van der Waals surface area contributed by atoms with E-state index in [4.69, 9.17) is 11.6 Å². The summed E-state index contributed by atoms with van der Waals surface area (Å²) < 4.78 is 0. The third-order valence-electron chi connectivity index (χ3n) is 5.18. The van der Waals surface area contributed by atoms with Crippen LogP contribution in [-0.2, 0) is 9.59 Å². The van der Waals surface area contributed by atoms with Gasteiger partial charge in [-0.2, -0.15) is 0 Å². The first-order valence-corrected chi connectivity index (χ1v) is 9.05. The average molecular weight is 364 g/mol. The Hall–Kier alpha value is -1.81. The van der Waals surface area contributed by atoms with Crippen molar-refractivity contribution >= 4 is 23.5 Å². The molecule has 1 aromatic rings. The van der Waals surface area contributed by atoms with Gasteiger partial charge >= 0.3 is 5.97 Å². The molecular formula is C20H26ClNO3. The van der Waals surface area contributed by atoms with Gasteiger partial charge in [-0.25, -0.2) is 4.79 Å². The highest BCUT2D eigenvalue weighted by atomic mass is 35.5. The minimum Gasteiger partial charge on any atom is -0.480 e. The molecule has 0 radical (unpaired) electrons. The number of allylic oxidation sites excluding steroid dienone is 1. The number of halogens is 1. The number of piperidine rings is 1. The maximum atomic E-state index is 13.3. The van der Waals surface area contributed by atoms with Crippen molar-refractivity contribution in [3.63, 3.8) is 0 Å². The van der Waals surface area contributed by atoms with Crippen molar-refractivity contribution < 1.29 is 14.7 Å². The lowest BCUT2D eigenvalue weighted by Gasteiger charge is -2.50. The number of aliphatic carboxylic acids is 1. The fourth-order valence-electron chi connectivity index (χ4n) is 4.09. The van der Waals surface area contributed by atoms with Crippen LogP contribution in [0.5, 0.6) is 0 Å². The van der Waals surface area contributed by atoms with E-state index in [2.05, 4.69) is 13.5 Å². The molecule has 4 nitrogen and oxygen atoms in total. The zero-order valence-electron chi connectivity index (χ0n) is 15.0. The Balaban J connectivity index is 2.55. The molecule has 1 unspecified atom stereocenters. The summed E-state index contributed by atoms with van der Waals surface area (Å²) in [6.07, 6.45) is 3.34. The van der Waals surface area contributed by atoms with Crippen LogP contribution in [0.3, 0.4) is 0 Å². The number of carboxylic acids is 1. The lowest BCUT2D eigenvalue weighted by molar-refractivity contribution is -0.165. The number of hydrogen-bond donors (Lipinski definition) is 1. The van der Waals surface area contributed by atoms with E-state index in [1.54, 1.807) is 30.0 Å². The molecule has 0 spiro atoms. The summed E-state index contributed by atoms with van der Waals surface area (Å²) in [5, 5.41) is 10.3. The van der Waals surface area contributed by atoms with Crippen molar-refractivity contribution in [1.82, 2.24) is 4.90 Å². The maximum Gasteiger partial charge on any atom is 0.326 e. The molecule has 1 aromatic carbocycles. The van der Waals surface area contributed by atoms with E-state index in [1.807, 2.05) is 19.1 Å². The predicted octanol–water partition coefficient (Wildman–Crippen LogP) is 4.70. The SMILES string of the molecule is C=CC[C@@]1(C)C[C@H](C)[C@@H](c2ccc(Cl)cc2)N(C(CC)C(=O)O)C1=O. The summed E-state index contributed by atoms with van der Waals surface area (Å²) in [5.74, 6) is -0.957. The molecular weight excluding hydrogens is 338 g/mol. The van der Waals surface area contributed by atoms with Crippen molar-refractivity contribution in [3.05, 3.63) is 47.5 Å². The number of likely N-dealkylation sites (tertiary alicyclic amines) is 1. The van der Waals surface area contributed by atoms with Gasteiger partial charge in [0.05, 0.1) is 11.5 Å². The maximum absolute atomic E-state index is 13.3. The number of carboxylic acid groups (broad SMARTS) is 1. The van der Waals surface area contributed by atoms with E-state index >= 15 is 0 Å². The van der Waals surface area contributed by atoms with Gasteiger partial charge in [-0.15, -0.1) is 6.58 Å². The van der Waals surface area contributed by atoms with Gasteiger partial charge in [0.1, 0.15) is 6.04 Å². The molecule has 1 amide bonds. The zero-order chi connectivity index (χ0) is 18.8. The molecule has 0 saturated carbocycles. The Labute approximate surface area is 154 Å². The number of hydrogen-bond acceptors (Lipinski definition) is 2. The minimum absolute atomic E-state index is 0.111. The van der Waals surface area contributed by atoms with Crippen LogP contribution in [0.1, 0.15) is 51.6 Å². The molecule has 5 heteroatoms. The number of rotatable bonds is 6. The highest BCUT2D eigenvalue weighted by Gasteiger charge is 2.50. The van der Waals surface area contributed by atoms with Crippen molar-refractivity contribution in [3.8, 4) is 0 Å². The molecule has 1 fully saturated rings. The van der Waals surface area contributed by atoms with E-state index in [-0.39, 0.29) is 17.9 Å². The third kappa shape index (κ3) is 3.74. The summed E-state index contributed by atoms with van der Waals surface area (Å²) >= 11 is 5.99. The summed E-state index contributed by atoms with van der Waals surface area (Å²) in [7, 11) is 0. The Bertz CT molecular complexity index is 657. The van der Waals surface area contributed by atoms with Crippen molar-refractivity contribution in [2.75, 3.05) is 0 Å². The van der Waals surface area contributed by atoms with E-state index < -0.39 is 17.4 Å². The molecule has 0 aliphatic carbocycles. The van der Waals surface area contributed by atoms with Crippen molar-refractivity contribution in [2.24, 2.45) is 11.3 Å². The van der Waals surface area contributed by atoms with Gasteiger partial charge in [0.25, 0.3) is 0 Å². The monoisotopic (exact) mass is 363 g/mol.